The van der Waals surface area contributed by atoms with E-state index < -0.39 is 0 Å². The first-order valence-electron chi connectivity index (χ1n) is 4.95. The van der Waals surface area contributed by atoms with Crippen molar-refractivity contribution in [3.8, 4) is 0 Å². The average Bonchev–Trinajstić information content (AvgIpc) is 2.46. The normalized spacial score (nSPS) is 17.0. The number of rotatable bonds is 4. The van der Waals surface area contributed by atoms with Crippen molar-refractivity contribution in [1.82, 2.24) is 10.1 Å². The Labute approximate surface area is 77.7 Å². The first-order valence-corrected chi connectivity index (χ1v) is 4.95. The molecule has 1 aromatic rings. The molecule has 1 saturated carbocycles. The van der Waals surface area contributed by atoms with E-state index in [9.17, 15) is 0 Å². The lowest BCUT2D eigenvalue weighted by Crippen LogP contribution is -2.14. The number of hydrogen-bond donors (Lipinski definition) is 1. The maximum atomic E-state index is 5.00. The lowest BCUT2D eigenvalue weighted by Gasteiger charge is -2.23. The third-order valence-electron chi connectivity index (χ3n) is 2.49. The van der Waals surface area contributed by atoms with Crippen molar-refractivity contribution in [2.45, 2.75) is 32.6 Å². The van der Waals surface area contributed by atoms with Gasteiger partial charge in [-0.3, -0.25) is 0 Å². The molecule has 0 unspecified atom stereocenters. The highest BCUT2D eigenvalue weighted by Crippen LogP contribution is 2.29. The van der Waals surface area contributed by atoms with E-state index in [0.29, 0.717) is 6.01 Å². The summed E-state index contributed by atoms with van der Waals surface area (Å²) in [6.07, 6.45) is 4.99. The van der Waals surface area contributed by atoms with Gasteiger partial charge in [0, 0.05) is 13.0 Å². The van der Waals surface area contributed by atoms with Crippen molar-refractivity contribution in [1.29, 1.82) is 0 Å². The molecule has 1 aromatic heterocycles. The van der Waals surface area contributed by atoms with Crippen LogP contribution in [0.4, 0.5) is 6.01 Å². The molecule has 1 aliphatic carbocycles. The van der Waals surface area contributed by atoms with Gasteiger partial charge >= 0.3 is 6.01 Å². The van der Waals surface area contributed by atoms with Gasteiger partial charge in [0.15, 0.2) is 5.82 Å². The van der Waals surface area contributed by atoms with Crippen LogP contribution in [0, 0.1) is 5.92 Å². The van der Waals surface area contributed by atoms with Gasteiger partial charge in [0.2, 0.25) is 0 Å². The van der Waals surface area contributed by atoms with Crippen LogP contribution in [0.1, 0.15) is 32.0 Å². The van der Waals surface area contributed by atoms with E-state index in [2.05, 4.69) is 15.5 Å². The molecular weight excluding hydrogens is 166 g/mol. The maximum absolute atomic E-state index is 5.00. The standard InChI is InChI=1S/C9H15N3O/c1-2-10-9-11-8(12-13-9)6-7-4-3-5-7/h7H,2-6H2,1H3,(H,10,11,12). The van der Waals surface area contributed by atoms with E-state index in [0.717, 1.165) is 24.7 Å². The van der Waals surface area contributed by atoms with Crippen LogP contribution in [0.15, 0.2) is 4.52 Å². The molecule has 0 aromatic carbocycles. The molecule has 4 heteroatoms. The van der Waals surface area contributed by atoms with Gasteiger partial charge in [-0.15, -0.1) is 0 Å². The smallest absolute Gasteiger partial charge is 0.321 e. The average molecular weight is 181 g/mol. The Bertz CT molecular complexity index is 268. The highest BCUT2D eigenvalue weighted by Gasteiger charge is 2.20. The van der Waals surface area contributed by atoms with E-state index >= 15 is 0 Å². The van der Waals surface area contributed by atoms with Crippen molar-refractivity contribution < 1.29 is 4.52 Å². The predicted octanol–water partition coefficient (Wildman–Crippen LogP) is 1.84. The molecule has 1 N–H and O–H groups in total. The van der Waals surface area contributed by atoms with Crippen LogP contribution >= 0.6 is 0 Å². The number of anilines is 1. The minimum atomic E-state index is 0.553. The second-order valence-corrected chi connectivity index (χ2v) is 3.55. The van der Waals surface area contributed by atoms with E-state index in [-0.39, 0.29) is 0 Å². The molecule has 1 fully saturated rings. The minimum absolute atomic E-state index is 0.553. The van der Waals surface area contributed by atoms with Gasteiger partial charge in [0.25, 0.3) is 0 Å². The van der Waals surface area contributed by atoms with Crippen molar-refractivity contribution in [3.05, 3.63) is 5.82 Å². The van der Waals surface area contributed by atoms with Crippen LogP contribution in [0.5, 0.6) is 0 Å². The minimum Gasteiger partial charge on any atom is -0.338 e. The van der Waals surface area contributed by atoms with Crippen LogP contribution in [0.25, 0.3) is 0 Å². The summed E-state index contributed by atoms with van der Waals surface area (Å²) in [4.78, 5) is 4.23. The second kappa shape index (κ2) is 3.77. The molecule has 0 bridgehead atoms. The summed E-state index contributed by atoms with van der Waals surface area (Å²) in [6.45, 7) is 2.83. The Morgan fingerprint density at radius 3 is 3.00 bits per heavy atom. The lowest BCUT2D eigenvalue weighted by atomic mass is 9.83. The number of aromatic nitrogens is 2. The highest BCUT2D eigenvalue weighted by atomic mass is 16.5. The first-order chi connectivity index (χ1) is 6.38. The third kappa shape index (κ3) is 1.99. The molecule has 0 spiro atoms. The van der Waals surface area contributed by atoms with E-state index in [1.807, 2.05) is 6.92 Å². The van der Waals surface area contributed by atoms with Crippen molar-refractivity contribution >= 4 is 6.01 Å². The van der Waals surface area contributed by atoms with Crippen LogP contribution in [-0.2, 0) is 6.42 Å². The van der Waals surface area contributed by atoms with Crippen LogP contribution in [0.2, 0.25) is 0 Å². The molecule has 0 radical (unpaired) electrons. The Hall–Kier alpha value is -1.06. The summed E-state index contributed by atoms with van der Waals surface area (Å²) >= 11 is 0. The summed E-state index contributed by atoms with van der Waals surface area (Å²) < 4.78 is 5.00. The highest BCUT2D eigenvalue weighted by molar-refractivity contribution is 5.17. The van der Waals surface area contributed by atoms with Crippen molar-refractivity contribution in [3.63, 3.8) is 0 Å². The van der Waals surface area contributed by atoms with Crippen molar-refractivity contribution in [2.24, 2.45) is 5.92 Å². The van der Waals surface area contributed by atoms with Crippen molar-refractivity contribution in [2.75, 3.05) is 11.9 Å². The van der Waals surface area contributed by atoms with E-state index in [1.165, 1.54) is 19.3 Å². The zero-order chi connectivity index (χ0) is 9.10. The number of nitrogens with zero attached hydrogens (tertiary/aromatic N) is 2. The Morgan fingerprint density at radius 2 is 2.38 bits per heavy atom. The predicted molar refractivity (Wildman–Crippen MR) is 49.5 cm³/mol. The fourth-order valence-electron chi connectivity index (χ4n) is 1.52. The van der Waals surface area contributed by atoms with Crippen LogP contribution in [0.3, 0.4) is 0 Å². The summed E-state index contributed by atoms with van der Waals surface area (Å²) in [5.41, 5.74) is 0. The quantitative estimate of drug-likeness (QED) is 0.770. The van der Waals surface area contributed by atoms with Gasteiger partial charge in [0.05, 0.1) is 0 Å². The SMILES string of the molecule is CCNc1nc(CC2CCC2)no1. The molecular formula is C9H15N3O. The second-order valence-electron chi connectivity index (χ2n) is 3.55. The van der Waals surface area contributed by atoms with Gasteiger partial charge in [0.1, 0.15) is 0 Å². The van der Waals surface area contributed by atoms with Crippen LogP contribution in [-0.4, -0.2) is 16.7 Å². The molecule has 2 rings (SSSR count). The number of nitrogens with one attached hydrogen (secondary N) is 1. The van der Waals surface area contributed by atoms with Crippen LogP contribution < -0.4 is 5.32 Å². The summed E-state index contributed by atoms with van der Waals surface area (Å²) in [5, 5.41) is 6.90. The molecule has 4 nitrogen and oxygen atoms in total. The molecule has 1 aliphatic rings. The van der Waals surface area contributed by atoms with Gasteiger partial charge in [-0.05, 0) is 12.8 Å². The van der Waals surface area contributed by atoms with Gasteiger partial charge in [-0.25, -0.2) is 0 Å². The summed E-state index contributed by atoms with van der Waals surface area (Å²) in [5.74, 6) is 1.65. The maximum Gasteiger partial charge on any atom is 0.321 e. The van der Waals surface area contributed by atoms with E-state index in [4.69, 9.17) is 4.52 Å². The Morgan fingerprint density at radius 1 is 1.54 bits per heavy atom. The van der Waals surface area contributed by atoms with Gasteiger partial charge < -0.3 is 9.84 Å². The fraction of sp³-hybridized carbons (Fsp3) is 0.778. The Balaban J connectivity index is 1.88. The molecule has 13 heavy (non-hydrogen) atoms. The molecule has 0 saturated heterocycles. The molecule has 0 amide bonds. The molecule has 1 heterocycles. The third-order valence-corrected chi connectivity index (χ3v) is 2.49. The Kier molecular flexibility index (Phi) is 2.47. The monoisotopic (exact) mass is 181 g/mol. The fourth-order valence-corrected chi connectivity index (χ4v) is 1.52. The molecule has 0 atom stereocenters. The number of hydrogen-bond acceptors (Lipinski definition) is 4. The first kappa shape index (κ1) is 8.53. The van der Waals surface area contributed by atoms with Gasteiger partial charge in [-0.1, -0.05) is 24.4 Å². The summed E-state index contributed by atoms with van der Waals surface area (Å²) in [7, 11) is 0. The lowest BCUT2D eigenvalue weighted by molar-refractivity contribution is 0.304. The largest absolute Gasteiger partial charge is 0.338 e. The summed E-state index contributed by atoms with van der Waals surface area (Å²) in [6, 6.07) is 0.553. The zero-order valence-electron chi connectivity index (χ0n) is 7.92. The van der Waals surface area contributed by atoms with Gasteiger partial charge in [-0.2, -0.15) is 4.98 Å². The molecule has 72 valence electrons. The van der Waals surface area contributed by atoms with E-state index in [1.54, 1.807) is 0 Å². The molecule has 0 aliphatic heterocycles. The zero-order valence-corrected chi connectivity index (χ0v) is 7.92. The topological polar surface area (TPSA) is 51.0 Å².